The van der Waals surface area contributed by atoms with Gasteiger partial charge in [-0.3, -0.25) is 19.5 Å². The molecule has 1 saturated heterocycles. The fraction of sp³-hybridized carbons (Fsp3) is 0.393. The zero-order valence-corrected chi connectivity index (χ0v) is 21.4. The number of amides is 2. The molecule has 1 saturated carbocycles. The molecular weight excluding hydrogens is 472 g/mol. The van der Waals surface area contributed by atoms with E-state index in [4.69, 9.17) is 9.73 Å². The summed E-state index contributed by atoms with van der Waals surface area (Å²) in [6, 6.07) is 15.6. The number of aromatic amines is 1. The van der Waals surface area contributed by atoms with Crippen LogP contribution in [0.3, 0.4) is 0 Å². The monoisotopic (exact) mass is 504 g/mol. The number of H-pyrrole nitrogens is 1. The van der Waals surface area contributed by atoms with Crippen molar-refractivity contribution in [2.75, 3.05) is 19.0 Å². The first-order valence-corrected chi connectivity index (χ1v) is 13.5. The first-order chi connectivity index (χ1) is 17.6. The van der Waals surface area contributed by atoms with Crippen LogP contribution in [-0.4, -0.2) is 51.8 Å². The Hall–Kier alpha value is -3.26. The van der Waals surface area contributed by atoms with Crippen LogP contribution in [0.1, 0.15) is 44.1 Å². The molecule has 0 radical (unpaired) electrons. The molecule has 1 unspecified atom stereocenters. The number of methoxy groups -OCH3 is 1. The summed E-state index contributed by atoms with van der Waals surface area (Å²) in [5.41, 5.74) is 2.91. The average molecular weight is 505 g/mol. The molecule has 1 aliphatic heterocycles. The highest BCUT2D eigenvalue weighted by molar-refractivity contribution is 8.15. The van der Waals surface area contributed by atoms with Gasteiger partial charge < -0.3 is 15.0 Å². The van der Waals surface area contributed by atoms with Crippen molar-refractivity contribution in [2.45, 2.75) is 56.2 Å². The highest BCUT2D eigenvalue weighted by atomic mass is 32.2. The first kappa shape index (κ1) is 24.4. The minimum absolute atomic E-state index is 0.0322. The SMILES string of the molecule is COc1ccc2[nH]cc(CCN3C(=O)C(CC(=O)Nc4ccccc4)SC3=NC3CCCCC3)c2c1. The number of amidine groups is 1. The van der Waals surface area contributed by atoms with E-state index >= 15 is 0 Å². The van der Waals surface area contributed by atoms with Gasteiger partial charge in [-0.1, -0.05) is 49.2 Å². The van der Waals surface area contributed by atoms with Crippen molar-refractivity contribution in [3.8, 4) is 5.75 Å². The number of hydrogen-bond donors (Lipinski definition) is 2. The Morgan fingerprint density at radius 2 is 1.97 bits per heavy atom. The van der Waals surface area contributed by atoms with Crippen LogP contribution in [0.4, 0.5) is 5.69 Å². The average Bonchev–Trinajstić information content (AvgIpc) is 3.43. The third-order valence-electron chi connectivity index (χ3n) is 6.90. The molecule has 2 amide bonds. The van der Waals surface area contributed by atoms with Gasteiger partial charge in [-0.2, -0.15) is 0 Å². The zero-order chi connectivity index (χ0) is 24.9. The van der Waals surface area contributed by atoms with E-state index < -0.39 is 5.25 Å². The van der Waals surface area contributed by atoms with Gasteiger partial charge in [0.15, 0.2) is 5.17 Å². The van der Waals surface area contributed by atoms with Crippen molar-refractivity contribution >= 4 is 45.3 Å². The van der Waals surface area contributed by atoms with Crippen molar-refractivity contribution in [3.05, 3.63) is 60.3 Å². The quantitative estimate of drug-likeness (QED) is 0.431. The van der Waals surface area contributed by atoms with Gasteiger partial charge in [-0.15, -0.1) is 0 Å². The van der Waals surface area contributed by atoms with Gasteiger partial charge >= 0.3 is 0 Å². The van der Waals surface area contributed by atoms with Crippen molar-refractivity contribution in [1.29, 1.82) is 0 Å². The Morgan fingerprint density at radius 3 is 2.75 bits per heavy atom. The van der Waals surface area contributed by atoms with Gasteiger partial charge in [0.05, 0.1) is 13.2 Å². The lowest BCUT2D eigenvalue weighted by atomic mass is 9.96. The molecule has 3 aromatic rings. The Labute approximate surface area is 215 Å². The lowest BCUT2D eigenvalue weighted by Gasteiger charge is -2.21. The topological polar surface area (TPSA) is 86.8 Å². The van der Waals surface area contributed by atoms with E-state index in [0.717, 1.165) is 45.9 Å². The molecular formula is C28H32N4O3S. The summed E-state index contributed by atoms with van der Waals surface area (Å²) < 4.78 is 5.40. The number of para-hydroxylation sites is 1. The maximum Gasteiger partial charge on any atom is 0.242 e. The zero-order valence-electron chi connectivity index (χ0n) is 20.5. The van der Waals surface area contributed by atoms with E-state index in [1.807, 2.05) is 54.7 Å². The van der Waals surface area contributed by atoms with Gasteiger partial charge in [-0.05, 0) is 55.2 Å². The second-order valence-electron chi connectivity index (χ2n) is 9.39. The summed E-state index contributed by atoms with van der Waals surface area (Å²) in [6.45, 7) is 0.526. The van der Waals surface area contributed by atoms with Crippen LogP contribution in [0.2, 0.25) is 0 Å². The summed E-state index contributed by atoms with van der Waals surface area (Å²) in [6.07, 6.45) is 8.56. The Morgan fingerprint density at radius 1 is 1.17 bits per heavy atom. The number of thioether (sulfide) groups is 1. The Bertz CT molecular complexity index is 1250. The fourth-order valence-corrected chi connectivity index (χ4v) is 6.17. The molecule has 0 bridgehead atoms. The minimum Gasteiger partial charge on any atom is -0.497 e. The lowest BCUT2D eigenvalue weighted by molar-refractivity contribution is -0.128. The number of hydrogen-bond acceptors (Lipinski definition) is 5. The second kappa shape index (κ2) is 11.2. The highest BCUT2D eigenvalue weighted by Gasteiger charge is 2.39. The van der Waals surface area contributed by atoms with Gasteiger partial charge in [0.25, 0.3) is 0 Å². The Kier molecular flexibility index (Phi) is 7.60. The molecule has 188 valence electrons. The molecule has 8 heteroatoms. The predicted molar refractivity (Wildman–Crippen MR) is 146 cm³/mol. The van der Waals surface area contributed by atoms with Crippen LogP contribution in [0.15, 0.2) is 59.7 Å². The standard InChI is InChI=1S/C28H32N4O3S/c1-35-22-12-13-24-23(16-22)19(18-29-24)14-15-32-27(34)25(17-26(33)30-20-8-4-2-5-9-20)36-28(32)31-21-10-6-3-7-11-21/h2,4-5,8-9,12-13,16,18,21,25,29H,3,6-7,10-11,14-15,17H2,1H3,(H,30,33). The molecule has 2 heterocycles. The normalized spacial score (nSPS) is 19.8. The number of benzene rings is 2. The number of carbonyl (C=O) groups is 2. The van der Waals surface area contributed by atoms with Crippen LogP contribution in [0.5, 0.6) is 5.75 Å². The summed E-state index contributed by atoms with van der Waals surface area (Å²) in [5.74, 6) is 0.616. The molecule has 5 rings (SSSR count). The number of aromatic nitrogens is 1. The molecule has 0 spiro atoms. The van der Waals surface area contributed by atoms with Gasteiger partial charge in [0.2, 0.25) is 11.8 Å². The number of carbonyl (C=O) groups excluding carboxylic acids is 2. The summed E-state index contributed by atoms with van der Waals surface area (Å²) in [4.78, 5) is 36.3. The van der Waals surface area contributed by atoms with Crippen LogP contribution in [-0.2, 0) is 16.0 Å². The number of rotatable bonds is 8. The van der Waals surface area contributed by atoms with Gasteiger partial charge in [0, 0.05) is 35.8 Å². The Balaban J connectivity index is 1.32. The van der Waals surface area contributed by atoms with E-state index in [1.54, 1.807) is 12.0 Å². The second-order valence-corrected chi connectivity index (χ2v) is 10.6. The van der Waals surface area contributed by atoms with Crippen LogP contribution in [0.25, 0.3) is 10.9 Å². The number of fused-ring (bicyclic) bond motifs is 1. The number of ether oxygens (including phenoxy) is 1. The molecule has 2 aromatic carbocycles. The number of aliphatic imine (C=N–C) groups is 1. The van der Waals surface area contributed by atoms with Crippen molar-refractivity contribution in [2.24, 2.45) is 4.99 Å². The van der Waals surface area contributed by atoms with E-state index in [2.05, 4.69) is 10.3 Å². The molecule has 1 aliphatic carbocycles. The third-order valence-corrected chi connectivity index (χ3v) is 8.08. The van der Waals surface area contributed by atoms with E-state index in [1.165, 1.54) is 31.0 Å². The molecule has 1 aromatic heterocycles. The van der Waals surface area contributed by atoms with Crippen LogP contribution >= 0.6 is 11.8 Å². The number of nitrogens with zero attached hydrogens (tertiary/aromatic N) is 2. The molecule has 1 atom stereocenters. The molecule has 36 heavy (non-hydrogen) atoms. The number of nitrogens with one attached hydrogen (secondary N) is 2. The van der Waals surface area contributed by atoms with Gasteiger partial charge in [0.1, 0.15) is 11.0 Å². The summed E-state index contributed by atoms with van der Waals surface area (Å²) >= 11 is 1.44. The van der Waals surface area contributed by atoms with Gasteiger partial charge in [-0.25, -0.2) is 0 Å². The smallest absolute Gasteiger partial charge is 0.242 e. The third kappa shape index (κ3) is 5.59. The summed E-state index contributed by atoms with van der Waals surface area (Å²) in [5, 5.41) is 4.31. The van der Waals surface area contributed by atoms with Crippen LogP contribution in [0, 0.1) is 0 Å². The maximum absolute atomic E-state index is 13.5. The minimum atomic E-state index is -0.459. The maximum atomic E-state index is 13.5. The molecule has 2 aliphatic rings. The summed E-state index contributed by atoms with van der Waals surface area (Å²) in [7, 11) is 1.66. The highest BCUT2D eigenvalue weighted by Crippen LogP contribution is 2.33. The van der Waals surface area contributed by atoms with Crippen molar-refractivity contribution in [3.63, 3.8) is 0 Å². The molecule has 2 fully saturated rings. The van der Waals surface area contributed by atoms with E-state index in [-0.39, 0.29) is 24.3 Å². The lowest BCUT2D eigenvalue weighted by Crippen LogP contribution is -2.35. The van der Waals surface area contributed by atoms with Crippen molar-refractivity contribution in [1.82, 2.24) is 9.88 Å². The molecule has 2 N–H and O–H groups in total. The van der Waals surface area contributed by atoms with Crippen molar-refractivity contribution < 1.29 is 14.3 Å². The van der Waals surface area contributed by atoms with E-state index in [9.17, 15) is 9.59 Å². The largest absolute Gasteiger partial charge is 0.497 e. The fourth-order valence-electron chi connectivity index (χ4n) is 4.94. The molecule has 7 nitrogen and oxygen atoms in total. The van der Waals surface area contributed by atoms with E-state index in [0.29, 0.717) is 13.0 Å². The first-order valence-electron chi connectivity index (χ1n) is 12.7. The number of anilines is 1. The predicted octanol–water partition coefficient (Wildman–Crippen LogP) is 5.38. The van der Waals surface area contributed by atoms with Crippen LogP contribution < -0.4 is 10.1 Å².